The zero-order chi connectivity index (χ0) is 20.8. The van der Waals surface area contributed by atoms with Crippen LogP contribution in [0.3, 0.4) is 0 Å². The number of phenolic OH excluding ortho intramolecular Hbond substituents is 1. The molecule has 3 aromatic carbocycles. The Morgan fingerprint density at radius 3 is 2.40 bits per heavy atom. The highest BCUT2D eigenvalue weighted by Crippen LogP contribution is 2.40. The standard InChI is InChI=1S/C24H16ClNO4/c25-18-7-3-1-5-15(18)13-26-21(14-9-11-16(27)12-10-14)20-22(28)17-6-2-4-8-19(17)30-23(20)24(26)29/h1-12,21,27H,13H2/t21-/m0/s1. The van der Waals surface area contributed by atoms with Crippen LogP contribution < -0.4 is 5.43 Å². The minimum absolute atomic E-state index is 0.0452. The maximum Gasteiger partial charge on any atom is 0.291 e. The zero-order valence-corrected chi connectivity index (χ0v) is 16.5. The van der Waals surface area contributed by atoms with E-state index in [2.05, 4.69) is 0 Å². The quantitative estimate of drug-likeness (QED) is 0.514. The topological polar surface area (TPSA) is 70.8 Å². The molecule has 0 aliphatic carbocycles. The minimum Gasteiger partial charge on any atom is -0.508 e. The van der Waals surface area contributed by atoms with Crippen molar-refractivity contribution in [2.45, 2.75) is 12.6 Å². The summed E-state index contributed by atoms with van der Waals surface area (Å²) >= 11 is 6.34. The summed E-state index contributed by atoms with van der Waals surface area (Å²) < 4.78 is 5.90. The number of fused-ring (bicyclic) bond motifs is 2. The lowest BCUT2D eigenvalue weighted by Crippen LogP contribution is -2.29. The summed E-state index contributed by atoms with van der Waals surface area (Å²) in [5, 5.41) is 10.7. The lowest BCUT2D eigenvalue weighted by molar-refractivity contribution is 0.0714. The highest BCUT2D eigenvalue weighted by molar-refractivity contribution is 6.31. The molecule has 30 heavy (non-hydrogen) atoms. The molecule has 5 rings (SSSR count). The fraction of sp³-hybridized carbons (Fsp3) is 0.0833. The molecule has 2 heterocycles. The molecule has 4 aromatic rings. The molecule has 1 aliphatic heterocycles. The number of hydrogen-bond acceptors (Lipinski definition) is 4. The normalized spacial score (nSPS) is 15.6. The summed E-state index contributed by atoms with van der Waals surface area (Å²) in [6.07, 6.45) is 0. The van der Waals surface area contributed by atoms with Crippen molar-refractivity contribution >= 4 is 28.5 Å². The Bertz CT molecular complexity index is 1340. The van der Waals surface area contributed by atoms with Crippen LogP contribution in [-0.4, -0.2) is 15.9 Å². The number of nitrogens with zero attached hydrogens (tertiary/aromatic N) is 1. The maximum atomic E-state index is 13.4. The van der Waals surface area contributed by atoms with Crippen LogP contribution in [0, 0.1) is 0 Å². The Balaban J connectivity index is 1.73. The van der Waals surface area contributed by atoms with E-state index >= 15 is 0 Å². The number of para-hydroxylation sites is 1. The number of halogens is 1. The van der Waals surface area contributed by atoms with Crippen molar-refractivity contribution in [3.63, 3.8) is 0 Å². The number of benzene rings is 3. The van der Waals surface area contributed by atoms with E-state index in [1.54, 1.807) is 47.4 Å². The van der Waals surface area contributed by atoms with Gasteiger partial charge >= 0.3 is 0 Å². The summed E-state index contributed by atoms with van der Waals surface area (Å²) in [4.78, 5) is 28.3. The molecule has 5 nitrogen and oxygen atoms in total. The van der Waals surface area contributed by atoms with E-state index in [-0.39, 0.29) is 29.4 Å². The van der Waals surface area contributed by atoms with Crippen LogP contribution in [-0.2, 0) is 6.54 Å². The molecule has 148 valence electrons. The van der Waals surface area contributed by atoms with Gasteiger partial charge in [0, 0.05) is 11.6 Å². The second-order valence-corrected chi connectivity index (χ2v) is 7.60. The smallest absolute Gasteiger partial charge is 0.291 e. The molecule has 1 atom stereocenters. The van der Waals surface area contributed by atoms with Crippen molar-refractivity contribution in [1.29, 1.82) is 0 Å². The predicted octanol–water partition coefficient (Wildman–Crippen LogP) is 4.90. The third-order valence-corrected chi connectivity index (χ3v) is 5.75. The second-order valence-electron chi connectivity index (χ2n) is 7.19. The number of amides is 1. The Morgan fingerprint density at radius 2 is 1.63 bits per heavy atom. The van der Waals surface area contributed by atoms with Crippen LogP contribution in [0.25, 0.3) is 11.0 Å². The van der Waals surface area contributed by atoms with Crippen molar-refractivity contribution < 1.29 is 14.3 Å². The van der Waals surface area contributed by atoms with Gasteiger partial charge in [-0.15, -0.1) is 0 Å². The van der Waals surface area contributed by atoms with Crippen molar-refractivity contribution in [2.75, 3.05) is 0 Å². The van der Waals surface area contributed by atoms with Gasteiger partial charge in [0.15, 0.2) is 5.43 Å². The van der Waals surface area contributed by atoms with Gasteiger partial charge in [-0.05, 0) is 41.5 Å². The van der Waals surface area contributed by atoms with E-state index in [1.165, 1.54) is 12.1 Å². The number of hydrogen-bond donors (Lipinski definition) is 1. The van der Waals surface area contributed by atoms with Gasteiger partial charge in [0.2, 0.25) is 5.76 Å². The molecule has 6 heteroatoms. The minimum atomic E-state index is -0.648. The first kappa shape index (κ1) is 18.5. The van der Waals surface area contributed by atoms with Gasteiger partial charge in [-0.1, -0.05) is 54.1 Å². The number of carbonyl (C=O) groups excluding carboxylic acids is 1. The molecule has 0 saturated carbocycles. The largest absolute Gasteiger partial charge is 0.508 e. The van der Waals surface area contributed by atoms with E-state index < -0.39 is 6.04 Å². The van der Waals surface area contributed by atoms with Gasteiger partial charge in [0.05, 0.1) is 17.0 Å². The summed E-state index contributed by atoms with van der Waals surface area (Å²) in [5.41, 5.74) is 1.91. The van der Waals surface area contributed by atoms with Crippen LogP contribution in [0.15, 0.2) is 82.0 Å². The zero-order valence-electron chi connectivity index (χ0n) is 15.7. The van der Waals surface area contributed by atoms with Gasteiger partial charge in [-0.2, -0.15) is 0 Å². The van der Waals surface area contributed by atoms with E-state index in [1.807, 2.05) is 18.2 Å². The van der Waals surface area contributed by atoms with Crippen LogP contribution in [0.1, 0.15) is 33.3 Å². The Labute approximate surface area is 176 Å². The second kappa shape index (κ2) is 7.04. The first-order valence-electron chi connectivity index (χ1n) is 9.43. The third kappa shape index (κ3) is 2.86. The SMILES string of the molecule is O=C1c2oc3ccccc3c(=O)c2[C@H](c2ccc(O)cc2)N1Cc1ccccc1Cl. The molecular weight excluding hydrogens is 402 g/mol. The molecular formula is C24H16ClNO4. The lowest BCUT2D eigenvalue weighted by Gasteiger charge is -2.25. The molecule has 0 unspecified atom stereocenters. The summed E-state index contributed by atoms with van der Waals surface area (Å²) in [5.74, 6) is -0.221. The molecule has 0 saturated heterocycles. The van der Waals surface area contributed by atoms with Crippen molar-refractivity contribution in [3.05, 3.63) is 110 Å². The van der Waals surface area contributed by atoms with Crippen LogP contribution >= 0.6 is 11.6 Å². The number of carbonyl (C=O) groups is 1. The number of rotatable bonds is 3. The Kier molecular flexibility index (Phi) is 4.33. The maximum absolute atomic E-state index is 13.4. The molecule has 0 bridgehead atoms. The van der Waals surface area contributed by atoms with E-state index in [0.717, 1.165) is 5.56 Å². The highest BCUT2D eigenvalue weighted by Gasteiger charge is 2.42. The van der Waals surface area contributed by atoms with Crippen LogP contribution in [0.5, 0.6) is 5.75 Å². The Morgan fingerprint density at radius 1 is 0.933 bits per heavy atom. The third-order valence-electron chi connectivity index (χ3n) is 5.38. The average molecular weight is 418 g/mol. The molecule has 1 N–H and O–H groups in total. The summed E-state index contributed by atoms with van der Waals surface area (Å²) in [7, 11) is 0. The highest BCUT2D eigenvalue weighted by atomic mass is 35.5. The number of aromatic hydroxyl groups is 1. The van der Waals surface area contributed by atoms with E-state index in [9.17, 15) is 14.7 Å². The van der Waals surface area contributed by atoms with Gasteiger partial charge in [0.1, 0.15) is 11.3 Å². The van der Waals surface area contributed by atoms with Gasteiger partial charge in [-0.3, -0.25) is 9.59 Å². The lowest BCUT2D eigenvalue weighted by atomic mass is 9.98. The molecule has 1 aromatic heterocycles. The first-order valence-corrected chi connectivity index (χ1v) is 9.81. The van der Waals surface area contributed by atoms with Crippen LogP contribution in [0.2, 0.25) is 5.02 Å². The fourth-order valence-electron chi connectivity index (χ4n) is 3.94. The summed E-state index contributed by atoms with van der Waals surface area (Å²) in [6.45, 7) is 0.212. The van der Waals surface area contributed by atoms with Gasteiger partial charge in [0.25, 0.3) is 5.91 Å². The Hall–Kier alpha value is -3.57. The van der Waals surface area contributed by atoms with Crippen molar-refractivity contribution in [2.24, 2.45) is 0 Å². The van der Waals surface area contributed by atoms with Gasteiger partial charge in [-0.25, -0.2) is 0 Å². The number of phenols is 1. The van der Waals surface area contributed by atoms with Crippen molar-refractivity contribution in [1.82, 2.24) is 4.90 Å². The first-order chi connectivity index (χ1) is 14.5. The fourth-order valence-corrected chi connectivity index (χ4v) is 4.14. The van der Waals surface area contributed by atoms with E-state index in [0.29, 0.717) is 27.1 Å². The van der Waals surface area contributed by atoms with Gasteiger partial charge < -0.3 is 14.4 Å². The molecule has 1 amide bonds. The average Bonchev–Trinajstić information content (AvgIpc) is 3.03. The van der Waals surface area contributed by atoms with E-state index in [4.69, 9.17) is 16.0 Å². The summed E-state index contributed by atoms with van der Waals surface area (Å²) in [6, 6.07) is 20.0. The predicted molar refractivity (Wildman–Crippen MR) is 114 cm³/mol. The molecule has 0 fully saturated rings. The monoisotopic (exact) mass is 417 g/mol. The molecule has 0 radical (unpaired) electrons. The molecule has 1 aliphatic rings. The molecule has 0 spiro atoms. The van der Waals surface area contributed by atoms with Crippen LogP contribution in [0.4, 0.5) is 0 Å². The van der Waals surface area contributed by atoms with Crippen molar-refractivity contribution in [3.8, 4) is 5.75 Å².